The van der Waals surface area contributed by atoms with Gasteiger partial charge in [0.15, 0.2) is 45.9 Å². The molecule has 1 N–H and O–H groups in total. The Morgan fingerprint density at radius 2 is 0.629 bits per heavy atom. The van der Waals surface area contributed by atoms with E-state index in [1.807, 2.05) is 146 Å². The summed E-state index contributed by atoms with van der Waals surface area (Å²) in [6.07, 6.45) is 24.6. The molecular formula is C113H121N25O5. The number of ether oxygens (including phenoxy) is 1. The molecule has 0 radical (unpaired) electrons. The fourth-order valence-corrected chi connectivity index (χ4v) is 19.0. The van der Waals surface area contributed by atoms with Gasteiger partial charge in [-0.15, -0.1) is 0 Å². The minimum atomic E-state index is -0.118. The Labute approximate surface area is 829 Å². The molecule has 0 saturated carbocycles. The smallest absolute Gasteiger partial charge is 0.330 e. The van der Waals surface area contributed by atoms with Gasteiger partial charge in [0.05, 0.1) is 57.6 Å². The normalized spacial score (nSPS) is 12.4. The number of nitrogens with zero attached hydrogens (tertiary/aromatic N) is 24. The topological polar surface area (TPSA) is 303 Å². The van der Waals surface area contributed by atoms with Crippen LogP contribution in [0.25, 0.3) is 136 Å². The predicted molar refractivity (Wildman–Crippen MR) is 565 cm³/mol. The third kappa shape index (κ3) is 20.1. The van der Waals surface area contributed by atoms with Gasteiger partial charge < -0.3 is 28.3 Å². The van der Waals surface area contributed by atoms with E-state index in [-0.39, 0.29) is 22.8 Å². The van der Waals surface area contributed by atoms with Crippen LogP contribution in [0.5, 0.6) is 0 Å². The lowest BCUT2D eigenvalue weighted by atomic mass is 9.97. The van der Waals surface area contributed by atoms with Gasteiger partial charge in [0.2, 0.25) is 0 Å². The fourth-order valence-electron chi connectivity index (χ4n) is 19.0. The largest absolute Gasteiger partial charge is 0.383 e. The number of benzene rings is 8. The molecule has 143 heavy (non-hydrogen) atoms. The summed E-state index contributed by atoms with van der Waals surface area (Å²) in [7, 11) is 8.75. The first-order chi connectivity index (χ1) is 69.3. The number of piperidine rings is 1. The Hall–Kier alpha value is -16.1. The molecule has 0 amide bonds. The Balaban J connectivity index is 0.000000126. The van der Waals surface area contributed by atoms with Crippen molar-refractivity contribution in [3.05, 3.63) is 355 Å². The van der Waals surface area contributed by atoms with Crippen LogP contribution in [-0.4, -0.2) is 141 Å². The number of hydrogen-bond donors (Lipinski definition) is 1. The Bertz CT molecular complexity index is 8180. The maximum atomic E-state index is 13.2. The van der Waals surface area contributed by atoms with Crippen molar-refractivity contribution in [2.75, 3.05) is 26.8 Å². The average Bonchev–Trinajstić information content (AvgIpc) is 1.63. The molecule has 0 unspecified atom stereocenters. The van der Waals surface area contributed by atoms with Crippen LogP contribution in [0.3, 0.4) is 0 Å². The lowest BCUT2D eigenvalue weighted by Crippen LogP contribution is -2.29. The Morgan fingerprint density at radius 3 is 0.951 bits per heavy atom. The van der Waals surface area contributed by atoms with Crippen LogP contribution < -0.4 is 28.1 Å². The second-order valence-electron chi connectivity index (χ2n) is 37.9. The van der Waals surface area contributed by atoms with Crippen molar-refractivity contribution < 1.29 is 4.74 Å². The first-order valence-corrected chi connectivity index (χ1v) is 49.0. The van der Waals surface area contributed by atoms with Crippen LogP contribution in [0.1, 0.15) is 169 Å². The maximum Gasteiger partial charge on any atom is 0.330 e. The SMILES string of the molecule is CC(C)c1ccccc1-c1ncc2c(n1)n(Cc1ccc(-c3nccn3C(C)C)cc1)c(=O)n2C.CC(C)c1ccccc1-c1ncc2c(n1)n(Cc1ccc(-c3nccn3C3CCNCC3)cc1)c(=O)n2C.CCn1ccnc1-c1ccc(Cn2c(=O)n(C)c3cnc(-c4ccccc4C(C)C)nc32)cc1.COCCn1ccnc1-c1ccc(Cn2c(=O)n(C)c3cnc(-c4ccccc4C(C)C)nc32)cc1. The summed E-state index contributed by atoms with van der Waals surface area (Å²) in [5, 5.41) is 3.43. The van der Waals surface area contributed by atoms with Crippen LogP contribution >= 0.6 is 0 Å². The molecule has 20 aromatic rings. The number of methoxy groups -OCH3 is 1. The summed E-state index contributed by atoms with van der Waals surface area (Å²) in [5.41, 5.74) is 22.0. The standard InChI is InChI=1S/C30H33N7O.C28H30N6O2.C28H30N6O.C27H28N6O/c1-20(2)24-6-4-5-7-25(24)27-33-18-26-29(34-27)37(30(38)35(26)3)19-21-8-10-22(11-9-21)28-32-16-17-36(28)23-12-14-31-15-13-23;1-19(2)22-7-5-6-8-23(22)25-30-17-24-27(31-25)34(28(35)32(24)3)18-20-9-11-21(12-10-20)26-29-13-14-33(26)15-16-36-4;1-18(2)22-8-6-7-9-23(22)25-30-16-24-27(31-25)34(28(35)32(24)5)17-20-10-12-21(13-11-20)26-29-14-15-33(26)19(3)4;1-5-32-15-14-28-25(32)20-12-10-19(11-13-20)17-33-26-23(31(4)27(33)34)16-29-24(30-26)22-9-7-6-8-21(22)18(2)3/h4-11,16-18,20,23,31H,12-15,19H2,1-3H3;5-14,17,19H,15-16,18H2,1-4H3;6-16,18-19H,17H2,1-5H3;6-16,18H,5,17H2,1-4H3. The molecule has 1 fully saturated rings. The van der Waals surface area contributed by atoms with Gasteiger partial charge in [-0.25, -0.2) is 79.0 Å². The van der Waals surface area contributed by atoms with E-state index in [1.165, 1.54) is 22.3 Å². The minimum absolute atomic E-state index is 0.103. The Kier molecular flexibility index (Phi) is 28.9. The number of aryl methyl sites for hydroxylation is 5. The molecule has 1 aliphatic rings. The molecule has 12 aromatic heterocycles. The van der Waals surface area contributed by atoms with Gasteiger partial charge in [-0.2, -0.15) is 0 Å². The molecule has 0 aliphatic carbocycles. The zero-order valence-electron chi connectivity index (χ0n) is 83.9. The molecular weight excluding hydrogens is 1790 g/mol. The highest BCUT2D eigenvalue weighted by Crippen LogP contribution is 2.36. The predicted octanol–water partition coefficient (Wildman–Crippen LogP) is 19.5. The monoisotopic (exact) mass is 1910 g/mol. The molecule has 0 spiro atoms. The number of imidazole rings is 8. The molecule has 728 valence electrons. The average molecular weight is 1910 g/mol. The molecule has 13 heterocycles. The van der Waals surface area contributed by atoms with Crippen molar-refractivity contribution in [2.45, 2.75) is 164 Å². The number of aromatic nitrogens is 24. The summed E-state index contributed by atoms with van der Waals surface area (Å²) < 4.78 is 27.2. The van der Waals surface area contributed by atoms with Gasteiger partial charge in [-0.1, -0.05) is 250 Å². The molecule has 0 bridgehead atoms. The maximum absolute atomic E-state index is 13.2. The van der Waals surface area contributed by atoms with Crippen molar-refractivity contribution in [1.29, 1.82) is 0 Å². The molecule has 30 heteroatoms. The van der Waals surface area contributed by atoms with E-state index in [0.29, 0.717) is 120 Å². The van der Waals surface area contributed by atoms with E-state index in [0.717, 1.165) is 146 Å². The molecule has 1 saturated heterocycles. The number of nitrogens with one attached hydrogen (secondary N) is 1. The fraction of sp³-hybridized carbons (Fsp3) is 0.292. The summed E-state index contributed by atoms with van der Waals surface area (Å²) >= 11 is 0. The number of fused-ring (bicyclic) bond motifs is 4. The Morgan fingerprint density at radius 1 is 0.343 bits per heavy atom. The molecule has 0 atom stereocenters. The molecule has 30 nitrogen and oxygen atoms in total. The summed E-state index contributed by atoms with van der Waals surface area (Å²) in [6, 6.07) is 66.5. The van der Waals surface area contributed by atoms with Gasteiger partial charge in [0, 0.05) is 155 Å². The van der Waals surface area contributed by atoms with Crippen molar-refractivity contribution >= 4 is 44.7 Å². The second kappa shape index (κ2) is 42.5. The van der Waals surface area contributed by atoms with E-state index >= 15 is 0 Å². The van der Waals surface area contributed by atoms with Gasteiger partial charge in [0.1, 0.15) is 45.4 Å². The van der Waals surface area contributed by atoms with E-state index in [2.05, 4.69) is 231 Å². The van der Waals surface area contributed by atoms with Gasteiger partial charge in [0.25, 0.3) is 0 Å². The number of rotatable bonds is 26. The van der Waals surface area contributed by atoms with Crippen molar-refractivity contribution in [3.63, 3.8) is 0 Å². The molecule has 21 rings (SSSR count). The van der Waals surface area contributed by atoms with Crippen LogP contribution in [-0.2, 0) is 72.2 Å². The van der Waals surface area contributed by atoms with E-state index in [9.17, 15) is 19.2 Å². The summed E-state index contributed by atoms with van der Waals surface area (Å²) in [6.45, 7) is 29.7. The summed E-state index contributed by atoms with van der Waals surface area (Å²) in [5.74, 6) is 7.67. The van der Waals surface area contributed by atoms with Crippen LogP contribution in [0.15, 0.2) is 288 Å². The number of hydrogen-bond acceptors (Lipinski definition) is 18. The van der Waals surface area contributed by atoms with E-state index in [4.69, 9.17) is 24.7 Å². The molecule has 8 aromatic carbocycles. The first kappa shape index (κ1) is 97.2. The lowest BCUT2D eigenvalue weighted by Gasteiger charge is -2.25. The zero-order valence-corrected chi connectivity index (χ0v) is 83.9. The highest BCUT2D eigenvalue weighted by Gasteiger charge is 2.26. The first-order valence-electron chi connectivity index (χ1n) is 49.0. The highest BCUT2D eigenvalue weighted by molar-refractivity contribution is 5.79. The summed E-state index contributed by atoms with van der Waals surface area (Å²) in [4.78, 5) is 109. The van der Waals surface area contributed by atoms with Gasteiger partial charge >= 0.3 is 22.8 Å². The van der Waals surface area contributed by atoms with Crippen LogP contribution in [0.4, 0.5) is 0 Å². The zero-order chi connectivity index (χ0) is 100.0. The minimum Gasteiger partial charge on any atom is -0.383 e. The van der Waals surface area contributed by atoms with Crippen LogP contribution in [0, 0.1) is 0 Å². The van der Waals surface area contributed by atoms with Gasteiger partial charge in [-0.05, 0) is 115 Å². The van der Waals surface area contributed by atoms with E-state index < -0.39 is 0 Å². The second-order valence-corrected chi connectivity index (χ2v) is 37.9. The van der Waals surface area contributed by atoms with Crippen molar-refractivity contribution in [2.24, 2.45) is 28.2 Å². The van der Waals surface area contributed by atoms with Gasteiger partial charge in [-0.3, -0.25) is 36.5 Å². The van der Waals surface area contributed by atoms with Crippen molar-refractivity contribution in [3.8, 4) is 91.1 Å². The van der Waals surface area contributed by atoms with E-state index in [1.54, 1.807) is 103 Å². The van der Waals surface area contributed by atoms with Crippen molar-refractivity contribution in [1.82, 2.24) is 120 Å². The molecule has 1 aliphatic heterocycles. The quantitative estimate of drug-likeness (QED) is 0.0526. The lowest BCUT2D eigenvalue weighted by molar-refractivity contribution is 0.187. The third-order valence-corrected chi connectivity index (χ3v) is 26.9. The third-order valence-electron chi connectivity index (χ3n) is 26.9. The van der Waals surface area contributed by atoms with Crippen LogP contribution in [0.2, 0.25) is 0 Å². The highest BCUT2D eigenvalue weighted by atomic mass is 16.5.